The number of halogens is 2. The van der Waals surface area contributed by atoms with Gasteiger partial charge in [0.25, 0.3) is 5.91 Å². The highest BCUT2D eigenvalue weighted by molar-refractivity contribution is 7.99. The molecule has 0 unspecified atom stereocenters. The Morgan fingerprint density at radius 3 is 2.28 bits per heavy atom. The number of hydrogen-bond donors (Lipinski definition) is 1. The number of rotatable bonds is 7. The van der Waals surface area contributed by atoms with Crippen molar-refractivity contribution in [1.82, 2.24) is 20.2 Å². The minimum Gasteiger partial charge on any atom is -0.272 e. The van der Waals surface area contributed by atoms with Gasteiger partial charge in [-0.15, -0.1) is 10.2 Å². The van der Waals surface area contributed by atoms with Crippen LogP contribution in [-0.2, 0) is 10.2 Å². The normalized spacial score (nSPS) is 11.7. The lowest BCUT2D eigenvalue weighted by atomic mass is 9.87. The van der Waals surface area contributed by atoms with Crippen LogP contribution in [0.3, 0.4) is 0 Å². The van der Waals surface area contributed by atoms with E-state index >= 15 is 0 Å². The molecule has 184 valence electrons. The van der Waals surface area contributed by atoms with Crippen molar-refractivity contribution >= 4 is 47.1 Å². The maximum atomic E-state index is 12.5. The average Bonchev–Trinajstić information content (AvgIpc) is 3.28. The topological polar surface area (TPSA) is 72.2 Å². The molecule has 0 saturated carbocycles. The summed E-state index contributed by atoms with van der Waals surface area (Å²) in [5.74, 6) is 0.510. The summed E-state index contributed by atoms with van der Waals surface area (Å²) in [6.45, 7) is 6.55. The average molecular weight is 539 g/mol. The number of nitrogens with zero attached hydrogens (tertiary/aromatic N) is 4. The van der Waals surface area contributed by atoms with Crippen molar-refractivity contribution in [2.45, 2.75) is 31.3 Å². The van der Waals surface area contributed by atoms with Crippen molar-refractivity contribution in [3.8, 4) is 17.1 Å². The molecule has 0 atom stereocenters. The second kappa shape index (κ2) is 11.3. The van der Waals surface area contributed by atoms with E-state index in [0.29, 0.717) is 26.6 Å². The molecule has 0 radical (unpaired) electrons. The van der Waals surface area contributed by atoms with Crippen LogP contribution >= 0.6 is 35.0 Å². The third-order valence-corrected chi connectivity index (χ3v) is 6.96. The summed E-state index contributed by atoms with van der Waals surface area (Å²) < 4.78 is 1.96. The summed E-state index contributed by atoms with van der Waals surface area (Å²) in [6, 6.07) is 23.3. The number of aromatic nitrogens is 3. The van der Waals surface area contributed by atoms with Gasteiger partial charge in [-0.1, -0.05) is 104 Å². The first kappa shape index (κ1) is 25.9. The Kier molecular flexibility index (Phi) is 8.14. The van der Waals surface area contributed by atoms with Crippen molar-refractivity contribution in [1.29, 1.82) is 0 Å². The van der Waals surface area contributed by atoms with Crippen molar-refractivity contribution in [3.63, 3.8) is 0 Å². The number of amides is 1. The van der Waals surface area contributed by atoms with Gasteiger partial charge in [0.1, 0.15) is 0 Å². The third-order valence-electron chi connectivity index (χ3n) is 5.37. The predicted molar refractivity (Wildman–Crippen MR) is 148 cm³/mol. The fourth-order valence-corrected chi connectivity index (χ4v) is 4.68. The first-order valence-electron chi connectivity index (χ1n) is 11.2. The van der Waals surface area contributed by atoms with Gasteiger partial charge in [0.05, 0.1) is 22.0 Å². The predicted octanol–water partition coefficient (Wildman–Crippen LogP) is 6.78. The van der Waals surface area contributed by atoms with Crippen LogP contribution in [0.4, 0.5) is 0 Å². The maximum Gasteiger partial charge on any atom is 0.250 e. The van der Waals surface area contributed by atoms with E-state index in [2.05, 4.69) is 65.8 Å². The molecule has 6 nitrogen and oxygen atoms in total. The van der Waals surface area contributed by atoms with Gasteiger partial charge >= 0.3 is 0 Å². The molecule has 0 bridgehead atoms. The van der Waals surface area contributed by atoms with Gasteiger partial charge < -0.3 is 0 Å². The zero-order valence-corrected chi connectivity index (χ0v) is 22.4. The molecule has 4 rings (SSSR count). The summed E-state index contributed by atoms with van der Waals surface area (Å²) in [7, 11) is 0. The minimum absolute atomic E-state index is 0.0552. The van der Waals surface area contributed by atoms with Gasteiger partial charge in [-0.3, -0.25) is 9.36 Å². The molecule has 0 aliphatic heterocycles. The maximum absolute atomic E-state index is 12.5. The van der Waals surface area contributed by atoms with Crippen molar-refractivity contribution in [3.05, 3.63) is 94.0 Å². The third kappa shape index (κ3) is 6.16. The monoisotopic (exact) mass is 537 g/mol. The number of benzene rings is 3. The number of carbonyl (C=O) groups excluding carboxylic acids is 1. The molecule has 3 aromatic carbocycles. The number of nitrogens with one attached hydrogen (secondary N) is 1. The lowest BCUT2D eigenvalue weighted by molar-refractivity contribution is -0.118. The van der Waals surface area contributed by atoms with Gasteiger partial charge in [0.15, 0.2) is 11.0 Å². The van der Waals surface area contributed by atoms with Crippen LogP contribution in [0.25, 0.3) is 17.1 Å². The summed E-state index contributed by atoms with van der Waals surface area (Å²) in [5, 5.41) is 14.3. The Labute approximate surface area is 224 Å². The number of carbonyl (C=O) groups is 1. The molecule has 1 N–H and O–H groups in total. The van der Waals surface area contributed by atoms with Gasteiger partial charge in [-0.25, -0.2) is 5.43 Å². The van der Waals surface area contributed by atoms with E-state index in [1.54, 1.807) is 18.2 Å². The lowest BCUT2D eigenvalue weighted by Gasteiger charge is -2.19. The Bertz CT molecular complexity index is 1360. The molecule has 0 saturated heterocycles. The van der Waals surface area contributed by atoms with Gasteiger partial charge in [0.2, 0.25) is 0 Å². The van der Waals surface area contributed by atoms with Crippen LogP contribution in [-0.4, -0.2) is 32.6 Å². The van der Waals surface area contributed by atoms with E-state index in [1.807, 2.05) is 34.9 Å². The van der Waals surface area contributed by atoms with E-state index in [1.165, 1.54) is 23.5 Å². The highest BCUT2D eigenvalue weighted by atomic mass is 35.5. The number of hydrogen-bond acceptors (Lipinski definition) is 5. The molecule has 9 heteroatoms. The van der Waals surface area contributed by atoms with E-state index in [9.17, 15) is 4.79 Å². The van der Waals surface area contributed by atoms with Crippen molar-refractivity contribution in [2.75, 3.05) is 5.75 Å². The highest BCUT2D eigenvalue weighted by Crippen LogP contribution is 2.30. The molecule has 1 aromatic heterocycles. The van der Waals surface area contributed by atoms with Crippen LogP contribution in [0, 0.1) is 0 Å². The van der Waals surface area contributed by atoms with Crippen LogP contribution in [0.5, 0.6) is 0 Å². The number of hydrazone groups is 1. The van der Waals surface area contributed by atoms with E-state index in [4.69, 9.17) is 23.2 Å². The zero-order valence-electron chi connectivity index (χ0n) is 20.1. The Morgan fingerprint density at radius 2 is 1.64 bits per heavy atom. The molecule has 1 heterocycles. The molecule has 0 fully saturated rings. The fourth-order valence-electron chi connectivity index (χ4n) is 3.44. The highest BCUT2D eigenvalue weighted by Gasteiger charge is 2.19. The Morgan fingerprint density at radius 1 is 0.972 bits per heavy atom. The SMILES string of the molecule is CC(C)(C)c1ccc(-c2nnc(SCC(=O)NN=Cc3c(Cl)cccc3Cl)n2-c2ccccc2)cc1. The minimum atomic E-state index is -0.293. The summed E-state index contributed by atoms with van der Waals surface area (Å²) in [5.41, 5.74) is 6.19. The van der Waals surface area contributed by atoms with Crippen LogP contribution in [0.15, 0.2) is 83.1 Å². The summed E-state index contributed by atoms with van der Waals surface area (Å²) >= 11 is 13.5. The van der Waals surface area contributed by atoms with Crippen LogP contribution < -0.4 is 5.43 Å². The Balaban J connectivity index is 1.53. The standard InChI is InChI=1S/C27H25Cl2N5OS/c1-27(2,3)19-14-12-18(13-15-19)25-32-33-26(34(25)20-8-5-4-6-9-20)36-17-24(35)31-30-16-21-22(28)10-7-11-23(21)29/h4-16H,17H2,1-3H3,(H,31,35). The summed E-state index contributed by atoms with van der Waals surface area (Å²) in [6.07, 6.45) is 1.43. The van der Waals surface area contributed by atoms with E-state index in [0.717, 1.165) is 11.3 Å². The van der Waals surface area contributed by atoms with Gasteiger partial charge in [-0.2, -0.15) is 5.10 Å². The molecule has 0 spiro atoms. The van der Waals surface area contributed by atoms with Crippen LogP contribution in [0.2, 0.25) is 10.0 Å². The molecule has 1 amide bonds. The zero-order chi connectivity index (χ0) is 25.7. The van der Waals surface area contributed by atoms with Crippen molar-refractivity contribution < 1.29 is 4.79 Å². The smallest absolute Gasteiger partial charge is 0.250 e. The molecular formula is C27H25Cl2N5OS. The molecule has 0 aliphatic rings. The van der Waals surface area contributed by atoms with Crippen LogP contribution in [0.1, 0.15) is 31.9 Å². The first-order chi connectivity index (χ1) is 17.2. The largest absolute Gasteiger partial charge is 0.272 e. The van der Waals surface area contributed by atoms with E-state index < -0.39 is 0 Å². The second-order valence-corrected chi connectivity index (χ2v) is 10.8. The van der Waals surface area contributed by atoms with Gasteiger partial charge in [-0.05, 0) is 35.2 Å². The number of para-hydroxylation sites is 1. The Hall–Kier alpha value is -3.13. The first-order valence-corrected chi connectivity index (χ1v) is 13.0. The number of thioether (sulfide) groups is 1. The fraction of sp³-hybridized carbons (Fsp3) is 0.185. The molecule has 4 aromatic rings. The quantitative estimate of drug-likeness (QED) is 0.160. The summed E-state index contributed by atoms with van der Waals surface area (Å²) in [4.78, 5) is 12.5. The van der Waals surface area contributed by atoms with E-state index in [-0.39, 0.29) is 17.1 Å². The second-order valence-electron chi connectivity index (χ2n) is 9.02. The molecular weight excluding hydrogens is 513 g/mol. The molecule has 36 heavy (non-hydrogen) atoms. The lowest BCUT2D eigenvalue weighted by Crippen LogP contribution is -2.20. The van der Waals surface area contributed by atoms with Crippen molar-refractivity contribution in [2.24, 2.45) is 5.10 Å². The van der Waals surface area contributed by atoms with Gasteiger partial charge in [0, 0.05) is 16.8 Å². The molecule has 0 aliphatic carbocycles.